The number of carbonyl (C=O) groups excluding carboxylic acids is 6. The number of fused-ring (bicyclic) bond motifs is 2. The fourth-order valence-corrected chi connectivity index (χ4v) is 9.81. The Morgan fingerprint density at radius 3 is 1.39 bits per heavy atom. The molecule has 2 aromatic heterocycles. The van der Waals surface area contributed by atoms with Crippen LogP contribution in [0.1, 0.15) is 121 Å². The van der Waals surface area contributed by atoms with E-state index in [1.807, 2.05) is 98.8 Å². The molecule has 0 saturated carbocycles. The fourth-order valence-electron chi connectivity index (χ4n) is 9.35. The van der Waals surface area contributed by atoms with Crippen molar-refractivity contribution in [3.05, 3.63) is 221 Å². The average Bonchev–Trinajstić information content (AvgIpc) is 0.799. The number of amides is 5. The van der Waals surface area contributed by atoms with Crippen LogP contribution in [0.25, 0.3) is 21.8 Å². The van der Waals surface area contributed by atoms with Crippen molar-refractivity contribution in [1.82, 2.24) is 49.8 Å². The minimum absolute atomic E-state index is 0.0571. The molecule has 0 aliphatic heterocycles. The van der Waals surface area contributed by atoms with E-state index in [1.165, 1.54) is 23.8 Å². The van der Waals surface area contributed by atoms with E-state index in [-0.39, 0.29) is 55.4 Å². The molecule has 0 saturated heterocycles. The normalized spacial score (nSPS) is 11.8. The fraction of sp³-hybridized carbons (Fsp3) is 0.343. The van der Waals surface area contributed by atoms with Gasteiger partial charge in [0.2, 0.25) is 5.91 Å². The third-order valence-electron chi connectivity index (χ3n) is 13.9. The summed E-state index contributed by atoms with van der Waals surface area (Å²) in [6.07, 6.45) is -0.275. The quantitative estimate of drug-likeness (QED) is 0.0476. The predicted molar refractivity (Wildman–Crippen MR) is 365 cm³/mol. The van der Waals surface area contributed by atoms with Crippen molar-refractivity contribution >= 4 is 91.8 Å². The molecule has 2 heterocycles. The van der Waals surface area contributed by atoms with E-state index in [4.69, 9.17) is 54.2 Å². The molecule has 2 unspecified atom stereocenters. The maximum atomic E-state index is 14.3. The third-order valence-corrected chi connectivity index (χ3v) is 14.6. The van der Waals surface area contributed by atoms with Crippen LogP contribution in [0.5, 0.6) is 0 Å². The topological polar surface area (TPSA) is 236 Å². The summed E-state index contributed by atoms with van der Waals surface area (Å²) < 4.78 is 13.6. The molecule has 8 aromatic rings. The molecule has 20 nitrogen and oxygen atoms in total. The zero-order valence-electron chi connectivity index (χ0n) is 54.5. The van der Waals surface area contributed by atoms with Gasteiger partial charge in [0.25, 0.3) is 28.2 Å². The molecule has 0 radical (unpaired) electrons. The van der Waals surface area contributed by atoms with E-state index >= 15 is 0 Å². The van der Waals surface area contributed by atoms with Gasteiger partial charge in [-0.3, -0.25) is 43.2 Å². The molecule has 6 aromatic carbocycles. The molecule has 0 fully saturated rings. The van der Waals surface area contributed by atoms with Gasteiger partial charge in [-0.05, 0) is 158 Å². The zero-order chi connectivity index (χ0) is 68.3. The van der Waals surface area contributed by atoms with Gasteiger partial charge < -0.3 is 34.8 Å². The monoisotopic (exact) mass is 1330 g/mol. The number of aryl methyl sites for hydroxylation is 2. The second kappa shape index (κ2) is 33.6. The van der Waals surface area contributed by atoms with E-state index in [9.17, 15) is 38.4 Å². The minimum Gasteiger partial charge on any atom is -0.444 e. The molecule has 93 heavy (non-hydrogen) atoms. The lowest BCUT2D eigenvalue weighted by Gasteiger charge is -2.33. The number of nitrogens with zero attached hydrogens (tertiary/aromatic N) is 7. The number of aromatic nitrogens is 4. The van der Waals surface area contributed by atoms with Gasteiger partial charge in [-0.2, -0.15) is 0 Å². The number of ether oxygens (including phenoxy) is 2. The highest BCUT2D eigenvalue weighted by Gasteiger charge is 2.37. The molecular weight excluding hydrogens is 1250 g/mol. The molecular formula is C70H81Cl3N10O10. The summed E-state index contributed by atoms with van der Waals surface area (Å²) in [5.74, 6) is -0.736. The van der Waals surface area contributed by atoms with Crippen LogP contribution in [-0.4, -0.2) is 135 Å². The Labute approximate surface area is 557 Å². The molecule has 8 rings (SSSR count). The molecule has 492 valence electrons. The van der Waals surface area contributed by atoms with Gasteiger partial charge in [-0.25, -0.2) is 19.6 Å². The Balaban J connectivity index is 0.000000260. The Morgan fingerprint density at radius 2 is 0.957 bits per heavy atom. The van der Waals surface area contributed by atoms with Gasteiger partial charge in [0.05, 0.1) is 34.9 Å². The molecule has 0 spiro atoms. The summed E-state index contributed by atoms with van der Waals surface area (Å²) in [7, 11) is 6.48. The number of hydrogen-bond acceptors (Lipinski definition) is 13. The Morgan fingerprint density at radius 1 is 0.538 bits per heavy atom. The van der Waals surface area contributed by atoms with Gasteiger partial charge in [0.1, 0.15) is 28.9 Å². The van der Waals surface area contributed by atoms with E-state index in [0.717, 1.165) is 22.3 Å². The van der Waals surface area contributed by atoms with Crippen molar-refractivity contribution in [3.63, 3.8) is 0 Å². The van der Waals surface area contributed by atoms with Crippen LogP contribution in [0, 0.1) is 13.8 Å². The predicted octanol–water partition coefficient (Wildman–Crippen LogP) is 11.7. The first-order valence-corrected chi connectivity index (χ1v) is 31.3. The summed E-state index contributed by atoms with van der Waals surface area (Å²) >= 11 is 17.7. The molecule has 0 bridgehead atoms. The number of likely N-dealkylation sites (N-methyl/N-ethyl adjacent to an activating group) is 2. The van der Waals surface area contributed by atoms with Crippen LogP contribution in [0.3, 0.4) is 0 Å². The highest BCUT2D eigenvalue weighted by molar-refractivity contribution is 6.67. The van der Waals surface area contributed by atoms with Crippen molar-refractivity contribution in [3.8, 4) is 0 Å². The van der Waals surface area contributed by atoms with Crippen molar-refractivity contribution in [2.24, 2.45) is 0 Å². The maximum Gasteiger partial charge on any atom is 0.407 e. The molecule has 5 amide bonds. The number of carbonyl (C=O) groups is 6. The van der Waals surface area contributed by atoms with Crippen LogP contribution < -0.4 is 27.1 Å². The van der Waals surface area contributed by atoms with E-state index in [1.54, 1.807) is 130 Å². The highest BCUT2D eigenvalue weighted by Crippen LogP contribution is 2.28. The van der Waals surface area contributed by atoms with Gasteiger partial charge in [-0.15, -0.1) is 0 Å². The summed E-state index contributed by atoms with van der Waals surface area (Å²) in [6.45, 7) is 15.9. The number of alkyl carbamates (subject to hydrolysis) is 2. The lowest BCUT2D eigenvalue weighted by atomic mass is 10.1. The van der Waals surface area contributed by atoms with Crippen LogP contribution in [0.4, 0.5) is 9.59 Å². The average molecular weight is 1330 g/mol. The number of benzene rings is 6. The van der Waals surface area contributed by atoms with Crippen LogP contribution in [0.2, 0.25) is 10.0 Å². The number of rotatable bonds is 20. The van der Waals surface area contributed by atoms with Crippen molar-refractivity contribution in [1.29, 1.82) is 0 Å². The molecule has 0 aliphatic carbocycles. The van der Waals surface area contributed by atoms with Crippen molar-refractivity contribution in [2.75, 3.05) is 54.4 Å². The Bertz CT molecular complexity index is 4020. The second-order valence-corrected chi connectivity index (χ2v) is 25.6. The zero-order valence-corrected chi connectivity index (χ0v) is 56.8. The van der Waals surface area contributed by atoms with Crippen LogP contribution >= 0.6 is 34.8 Å². The number of nitrogens with one attached hydrogen (secondary N) is 3. The Hall–Kier alpha value is -8.95. The van der Waals surface area contributed by atoms with E-state index in [0.29, 0.717) is 68.3 Å². The summed E-state index contributed by atoms with van der Waals surface area (Å²) in [6, 6.07) is 40.6. The summed E-state index contributed by atoms with van der Waals surface area (Å²) in [5.41, 5.74) is 3.56. The van der Waals surface area contributed by atoms with Gasteiger partial charge in [-0.1, -0.05) is 119 Å². The van der Waals surface area contributed by atoms with Crippen LogP contribution in [-0.2, 0) is 32.2 Å². The van der Waals surface area contributed by atoms with Gasteiger partial charge in [0, 0.05) is 69.0 Å². The largest absolute Gasteiger partial charge is 0.444 e. The molecule has 3 N–H and O–H groups in total. The van der Waals surface area contributed by atoms with E-state index < -0.39 is 52.5 Å². The molecule has 0 aliphatic rings. The standard InChI is InChI=1S/C35H40ClN5O5.C27H34ClN5O4.C8H7ClO/c1-23-13-15-25(16-14-23)31(42)40(20-10-19-37-34(45)46-35(2,3)4)29(33(44)39(5)6)30-38-28-21-26(36)17-18-27(28)32(43)41(30)22-24-11-8-7-9-12-24;1-27(2,3)37-26(36)30-15-9-14-29-22(25(35)32(4)5)23-31-21-16-19(28)12-13-20(21)24(34)33(23)17-18-10-7-6-8-11-18;1-6-2-4-7(5-3-6)8(9)10/h7-9,11-18,21,29H,10,19-20,22H2,1-6H3,(H,37,45);6-8,10-13,16,22,29H,9,14-15,17H2,1-5H3,(H,30,36);2-5H,1H3. The smallest absolute Gasteiger partial charge is 0.407 e. The molecule has 23 heteroatoms. The van der Waals surface area contributed by atoms with Crippen LogP contribution in [0.15, 0.2) is 155 Å². The van der Waals surface area contributed by atoms with Gasteiger partial charge >= 0.3 is 12.2 Å². The lowest BCUT2D eigenvalue weighted by molar-refractivity contribution is -0.134. The molecule has 2 atom stereocenters. The first-order chi connectivity index (χ1) is 43.9. The first kappa shape index (κ1) is 73.1. The minimum atomic E-state index is -1.29. The summed E-state index contributed by atoms with van der Waals surface area (Å²) in [4.78, 5) is 118. The van der Waals surface area contributed by atoms with Gasteiger partial charge in [0.15, 0.2) is 6.04 Å². The Kier molecular flexibility index (Phi) is 26.4. The summed E-state index contributed by atoms with van der Waals surface area (Å²) in [5, 5.41) is 9.83. The maximum absolute atomic E-state index is 14.3. The van der Waals surface area contributed by atoms with Crippen molar-refractivity contribution in [2.45, 2.75) is 105 Å². The second-order valence-electron chi connectivity index (χ2n) is 24.3. The number of halogens is 3. The third kappa shape index (κ3) is 21.8. The SMILES string of the molecule is CN(C)C(=O)C(NCCCNC(=O)OC(C)(C)C)c1nc2cc(Cl)ccc2c(=O)n1Cc1ccccc1.Cc1ccc(C(=O)Cl)cc1.Cc1ccc(C(=O)N(CCCNC(=O)OC(C)(C)C)C(C(=O)N(C)C)c2nc3cc(Cl)ccc3c(=O)n2Cc2ccccc2)cc1. The van der Waals surface area contributed by atoms with E-state index in [2.05, 4.69) is 16.0 Å². The highest BCUT2D eigenvalue weighted by atomic mass is 35.5. The van der Waals surface area contributed by atoms with Crippen molar-refractivity contribution < 1.29 is 38.2 Å². The lowest BCUT2D eigenvalue weighted by Crippen LogP contribution is -2.47. The number of hydrogen-bond donors (Lipinski definition) is 3. The first-order valence-electron chi connectivity index (χ1n) is 30.1.